The van der Waals surface area contributed by atoms with E-state index in [9.17, 15) is 9.90 Å². The van der Waals surface area contributed by atoms with Crippen molar-refractivity contribution in [1.29, 1.82) is 0 Å². The highest BCUT2D eigenvalue weighted by Gasteiger charge is 2.43. The summed E-state index contributed by atoms with van der Waals surface area (Å²) in [5.74, 6) is 0.557. The molecule has 1 saturated carbocycles. The number of rotatable bonds is 6. The summed E-state index contributed by atoms with van der Waals surface area (Å²) in [6.07, 6.45) is 7.80. The van der Waals surface area contributed by atoms with Crippen LogP contribution in [0.1, 0.15) is 55.6 Å². The number of aliphatic hydroxyl groups is 1. The van der Waals surface area contributed by atoms with Gasteiger partial charge in [-0.25, -0.2) is 4.98 Å². The fourth-order valence-corrected chi connectivity index (χ4v) is 4.93. The van der Waals surface area contributed by atoms with Crippen molar-refractivity contribution in [2.75, 3.05) is 26.7 Å². The Morgan fingerprint density at radius 2 is 2.12 bits per heavy atom. The van der Waals surface area contributed by atoms with Gasteiger partial charge in [0.25, 0.3) is 5.91 Å². The number of nitrogens with zero attached hydrogens (tertiary/aromatic N) is 3. The Labute approximate surface area is 155 Å². The van der Waals surface area contributed by atoms with Gasteiger partial charge in [0, 0.05) is 31.6 Å². The van der Waals surface area contributed by atoms with E-state index < -0.39 is 5.60 Å². The van der Waals surface area contributed by atoms with E-state index in [0.29, 0.717) is 25.4 Å². The van der Waals surface area contributed by atoms with E-state index in [0.717, 1.165) is 30.2 Å². The second-order valence-electron chi connectivity index (χ2n) is 7.92. The summed E-state index contributed by atoms with van der Waals surface area (Å²) in [4.78, 5) is 21.4. The molecular weight excluding hydrogens is 334 g/mol. The molecule has 1 aliphatic carbocycles. The van der Waals surface area contributed by atoms with Crippen molar-refractivity contribution >= 4 is 17.2 Å². The van der Waals surface area contributed by atoms with Crippen LogP contribution < -0.4 is 0 Å². The number of piperidine rings is 1. The number of aryl methyl sites for hydroxylation is 1. The lowest BCUT2D eigenvalue weighted by atomic mass is 9.86. The number of aromatic nitrogens is 1. The van der Waals surface area contributed by atoms with E-state index in [4.69, 9.17) is 0 Å². The van der Waals surface area contributed by atoms with Gasteiger partial charge in [0.1, 0.15) is 0 Å². The van der Waals surface area contributed by atoms with Crippen molar-refractivity contribution in [2.24, 2.45) is 5.92 Å². The third kappa shape index (κ3) is 4.80. The monoisotopic (exact) mass is 365 g/mol. The molecule has 1 atom stereocenters. The topological polar surface area (TPSA) is 56.7 Å². The molecule has 0 aromatic carbocycles. The number of likely N-dealkylation sites (N-methyl/N-ethyl adjacent to an activating group) is 1. The molecule has 0 spiro atoms. The maximum Gasteiger partial charge on any atom is 0.255 e. The zero-order valence-electron chi connectivity index (χ0n) is 15.5. The molecule has 5 nitrogen and oxygen atoms in total. The molecule has 1 unspecified atom stereocenters. The normalized spacial score (nSPS) is 25.8. The van der Waals surface area contributed by atoms with Crippen LogP contribution in [0.15, 0.2) is 5.38 Å². The number of hydrogen-bond acceptors (Lipinski definition) is 5. The SMILES string of the molecule is Cc1nc(CN(C)CC2(O)CCCN(CC3CCCCC3)C2=O)cs1. The predicted octanol–water partition coefficient (Wildman–Crippen LogP) is 2.82. The molecule has 6 heteroatoms. The van der Waals surface area contributed by atoms with Crippen molar-refractivity contribution in [3.05, 3.63) is 16.1 Å². The summed E-state index contributed by atoms with van der Waals surface area (Å²) in [6, 6.07) is 0. The number of amides is 1. The van der Waals surface area contributed by atoms with Crippen molar-refractivity contribution in [1.82, 2.24) is 14.8 Å². The Morgan fingerprint density at radius 1 is 1.36 bits per heavy atom. The second kappa shape index (κ2) is 8.14. The highest BCUT2D eigenvalue weighted by atomic mass is 32.1. The molecule has 3 rings (SSSR count). The van der Waals surface area contributed by atoms with Gasteiger partial charge >= 0.3 is 0 Å². The van der Waals surface area contributed by atoms with Crippen LogP contribution in [0.2, 0.25) is 0 Å². The quantitative estimate of drug-likeness (QED) is 0.842. The third-order valence-corrected chi connectivity index (χ3v) is 6.36. The summed E-state index contributed by atoms with van der Waals surface area (Å²) in [7, 11) is 1.96. The average Bonchev–Trinajstić information content (AvgIpc) is 2.97. The third-order valence-electron chi connectivity index (χ3n) is 5.54. The highest BCUT2D eigenvalue weighted by Crippen LogP contribution is 2.29. The Bertz CT molecular complexity index is 585. The van der Waals surface area contributed by atoms with Gasteiger partial charge in [-0.1, -0.05) is 19.3 Å². The molecule has 1 amide bonds. The Hall–Kier alpha value is -0.980. The van der Waals surface area contributed by atoms with Crippen molar-refractivity contribution < 1.29 is 9.90 Å². The summed E-state index contributed by atoms with van der Waals surface area (Å²) >= 11 is 1.64. The van der Waals surface area contributed by atoms with E-state index in [-0.39, 0.29) is 5.91 Å². The number of thiazole rings is 1. The molecule has 1 N–H and O–H groups in total. The lowest BCUT2D eigenvalue weighted by Crippen LogP contribution is -2.58. The molecule has 25 heavy (non-hydrogen) atoms. The van der Waals surface area contributed by atoms with Crippen LogP contribution in [0.3, 0.4) is 0 Å². The van der Waals surface area contributed by atoms with Crippen LogP contribution in [0.5, 0.6) is 0 Å². The van der Waals surface area contributed by atoms with E-state index in [1.165, 1.54) is 32.1 Å². The molecule has 2 heterocycles. The van der Waals surface area contributed by atoms with Crippen molar-refractivity contribution in [2.45, 2.75) is 64.0 Å². The molecule has 0 radical (unpaired) electrons. The zero-order chi connectivity index (χ0) is 17.9. The summed E-state index contributed by atoms with van der Waals surface area (Å²) < 4.78 is 0. The van der Waals surface area contributed by atoms with Crippen molar-refractivity contribution in [3.8, 4) is 0 Å². The summed E-state index contributed by atoms with van der Waals surface area (Å²) in [6.45, 7) is 4.67. The lowest BCUT2D eigenvalue weighted by Gasteiger charge is -2.41. The van der Waals surface area contributed by atoms with Crippen LogP contribution in [0.4, 0.5) is 0 Å². The molecule has 0 bridgehead atoms. The minimum atomic E-state index is -1.24. The maximum atomic E-state index is 12.9. The van der Waals surface area contributed by atoms with Gasteiger partial charge in [-0.15, -0.1) is 11.3 Å². The largest absolute Gasteiger partial charge is 0.379 e. The second-order valence-corrected chi connectivity index (χ2v) is 8.98. The Morgan fingerprint density at radius 3 is 2.80 bits per heavy atom. The molecule has 2 fully saturated rings. The van der Waals surface area contributed by atoms with Gasteiger partial charge in [-0.3, -0.25) is 9.69 Å². The standard InChI is InChI=1S/C19H31N3O2S/c1-15-20-17(13-25-15)12-21(2)14-19(24)9-6-10-22(18(19)23)11-16-7-4-3-5-8-16/h13,16,24H,3-12,14H2,1-2H3. The number of carbonyl (C=O) groups excluding carboxylic acids is 1. The summed E-state index contributed by atoms with van der Waals surface area (Å²) in [5, 5.41) is 14.1. The molecule has 1 aromatic heterocycles. The van der Waals surface area contributed by atoms with Crippen LogP contribution in [-0.4, -0.2) is 58.1 Å². The lowest BCUT2D eigenvalue weighted by molar-refractivity contribution is -0.160. The molecule has 140 valence electrons. The summed E-state index contributed by atoms with van der Waals surface area (Å²) in [5.41, 5.74) is -0.233. The van der Waals surface area contributed by atoms with E-state index in [2.05, 4.69) is 4.98 Å². The smallest absolute Gasteiger partial charge is 0.255 e. The Kier molecular flexibility index (Phi) is 6.12. The van der Waals surface area contributed by atoms with Crippen LogP contribution in [-0.2, 0) is 11.3 Å². The molecular formula is C19H31N3O2S. The van der Waals surface area contributed by atoms with Gasteiger partial charge in [0.05, 0.1) is 10.7 Å². The fourth-order valence-electron chi connectivity index (χ4n) is 4.33. The van der Waals surface area contributed by atoms with Crippen LogP contribution >= 0.6 is 11.3 Å². The van der Waals surface area contributed by atoms with Gasteiger partial charge in [0.2, 0.25) is 0 Å². The van der Waals surface area contributed by atoms with E-state index in [1.807, 2.05) is 29.2 Å². The first-order valence-corrected chi connectivity index (χ1v) is 10.5. The molecule has 1 saturated heterocycles. The maximum absolute atomic E-state index is 12.9. The first-order chi connectivity index (χ1) is 12.0. The van der Waals surface area contributed by atoms with Gasteiger partial charge in [-0.05, 0) is 45.6 Å². The van der Waals surface area contributed by atoms with Crippen LogP contribution in [0.25, 0.3) is 0 Å². The molecule has 1 aromatic rings. The van der Waals surface area contributed by atoms with Crippen molar-refractivity contribution in [3.63, 3.8) is 0 Å². The predicted molar refractivity (Wildman–Crippen MR) is 101 cm³/mol. The number of carbonyl (C=O) groups is 1. The fraction of sp³-hybridized carbons (Fsp3) is 0.789. The minimum Gasteiger partial charge on any atom is -0.379 e. The zero-order valence-corrected chi connectivity index (χ0v) is 16.4. The van der Waals surface area contributed by atoms with Gasteiger partial charge < -0.3 is 10.0 Å². The first kappa shape index (κ1) is 18.8. The first-order valence-electron chi connectivity index (χ1n) is 9.57. The average molecular weight is 366 g/mol. The molecule has 2 aliphatic rings. The van der Waals surface area contributed by atoms with Gasteiger partial charge in [0.15, 0.2) is 5.60 Å². The van der Waals surface area contributed by atoms with E-state index >= 15 is 0 Å². The molecule has 1 aliphatic heterocycles. The minimum absolute atomic E-state index is 0.0642. The highest BCUT2D eigenvalue weighted by molar-refractivity contribution is 7.09. The van der Waals surface area contributed by atoms with Crippen LogP contribution in [0, 0.1) is 12.8 Å². The van der Waals surface area contributed by atoms with Gasteiger partial charge in [-0.2, -0.15) is 0 Å². The van der Waals surface area contributed by atoms with E-state index in [1.54, 1.807) is 11.3 Å². The number of hydrogen-bond donors (Lipinski definition) is 1. The number of likely N-dealkylation sites (tertiary alicyclic amines) is 1. The Balaban J connectivity index is 1.57.